The van der Waals surface area contributed by atoms with Gasteiger partial charge in [-0.1, -0.05) is 0 Å². The van der Waals surface area contributed by atoms with Crippen molar-refractivity contribution in [2.24, 2.45) is 0 Å². The number of carbonyl (C=O) groups excluding carboxylic acids is 1. The lowest BCUT2D eigenvalue weighted by Crippen LogP contribution is -2.11. The zero-order valence-corrected chi connectivity index (χ0v) is 11.8. The number of amides is 1. The largest absolute Gasteiger partial charge is 0.497 e. The number of hydrogen-bond acceptors (Lipinski definition) is 3. The van der Waals surface area contributed by atoms with Crippen molar-refractivity contribution in [3.05, 3.63) is 53.9 Å². The SMILES string of the molecule is COc1ccc(NC(=O)c2c[nH]c3cc(C)cnc23)cc1. The van der Waals surface area contributed by atoms with Gasteiger partial charge in [0.25, 0.3) is 5.91 Å². The van der Waals surface area contributed by atoms with Crippen LogP contribution < -0.4 is 10.1 Å². The minimum atomic E-state index is -0.192. The topological polar surface area (TPSA) is 67.0 Å². The molecule has 0 spiro atoms. The Kier molecular flexibility index (Phi) is 3.31. The summed E-state index contributed by atoms with van der Waals surface area (Å²) in [6, 6.07) is 9.15. The minimum Gasteiger partial charge on any atom is -0.497 e. The van der Waals surface area contributed by atoms with Gasteiger partial charge in [-0.3, -0.25) is 9.78 Å². The number of nitrogens with one attached hydrogen (secondary N) is 2. The van der Waals surface area contributed by atoms with Crippen LogP contribution in [0.3, 0.4) is 0 Å². The van der Waals surface area contributed by atoms with Crippen LogP contribution in [-0.2, 0) is 0 Å². The van der Waals surface area contributed by atoms with Crippen molar-refractivity contribution in [2.45, 2.75) is 6.92 Å². The van der Waals surface area contributed by atoms with E-state index >= 15 is 0 Å². The van der Waals surface area contributed by atoms with E-state index in [4.69, 9.17) is 4.74 Å². The number of methoxy groups -OCH3 is 1. The van der Waals surface area contributed by atoms with E-state index in [9.17, 15) is 4.79 Å². The average molecular weight is 281 g/mol. The third-order valence-corrected chi connectivity index (χ3v) is 3.24. The first-order valence-corrected chi connectivity index (χ1v) is 6.56. The Balaban J connectivity index is 1.86. The predicted octanol–water partition coefficient (Wildman–Crippen LogP) is 3.13. The van der Waals surface area contributed by atoms with Crippen LogP contribution in [0.25, 0.3) is 11.0 Å². The summed E-state index contributed by atoms with van der Waals surface area (Å²) in [5, 5.41) is 2.85. The Morgan fingerprint density at radius 3 is 2.76 bits per heavy atom. The van der Waals surface area contributed by atoms with Gasteiger partial charge in [-0.15, -0.1) is 0 Å². The molecule has 0 radical (unpaired) electrons. The van der Waals surface area contributed by atoms with Crippen molar-refractivity contribution in [1.82, 2.24) is 9.97 Å². The Labute approximate surface area is 122 Å². The molecule has 0 aliphatic heterocycles. The molecule has 1 aromatic carbocycles. The van der Waals surface area contributed by atoms with Gasteiger partial charge in [0, 0.05) is 18.1 Å². The van der Waals surface area contributed by atoms with E-state index in [-0.39, 0.29) is 5.91 Å². The molecule has 2 heterocycles. The van der Waals surface area contributed by atoms with Crippen LogP contribution in [0.2, 0.25) is 0 Å². The third kappa shape index (κ3) is 2.58. The van der Waals surface area contributed by atoms with Crippen LogP contribution >= 0.6 is 0 Å². The molecule has 0 atom stereocenters. The molecular formula is C16H15N3O2. The second kappa shape index (κ2) is 5.28. The van der Waals surface area contributed by atoms with Gasteiger partial charge in [0.05, 0.1) is 18.2 Å². The summed E-state index contributed by atoms with van der Waals surface area (Å²) in [7, 11) is 1.60. The number of pyridine rings is 1. The van der Waals surface area contributed by atoms with Crippen LogP contribution in [-0.4, -0.2) is 23.0 Å². The smallest absolute Gasteiger partial charge is 0.259 e. The summed E-state index contributed by atoms with van der Waals surface area (Å²) >= 11 is 0. The van der Waals surface area contributed by atoms with Crippen LogP contribution in [0.15, 0.2) is 42.7 Å². The van der Waals surface area contributed by atoms with Crippen molar-refractivity contribution >= 4 is 22.6 Å². The number of H-pyrrole nitrogens is 1. The summed E-state index contributed by atoms with van der Waals surface area (Å²) in [6.45, 7) is 1.96. The Morgan fingerprint density at radius 2 is 2.05 bits per heavy atom. The van der Waals surface area contributed by atoms with Gasteiger partial charge in [0.2, 0.25) is 0 Å². The van der Waals surface area contributed by atoms with Gasteiger partial charge in [-0.25, -0.2) is 0 Å². The highest BCUT2D eigenvalue weighted by molar-refractivity contribution is 6.11. The second-order valence-electron chi connectivity index (χ2n) is 4.79. The summed E-state index contributed by atoms with van der Waals surface area (Å²) in [6.07, 6.45) is 3.43. The molecule has 0 aliphatic carbocycles. The molecule has 2 aromatic heterocycles. The number of aryl methyl sites for hydroxylation is 1. The van der Waals surface area contributed by atoms with E-state index in [0.29, 0.717) is 16.8 Å². The lowest BCUT2D eigenvalue weighted by Gasteiger charge is -2.05. The summed E-state index contributed by atoms with van der Waals surface area (Å²) in [4.78, 5) is 19.7. The van der Waals surface area contributed by atoms with Crippen molar-refractivity contribution in [2.75, 3.05) is 12.4 Å². The maximum Gasteiger partial charge on any atom is 0.259 e. The van der Waals surface area contributed by atoms with Gasteiger partial charge in [0.1, 0.15) is 11.3 Å². The van der Waals surface area contributed by atoms with Crippen LogP contribution in [0.1, 0.15) is 15.9 Å². The fraction of sp³-hybridized carbons (Fsp3) is 0.125. The molecule has 0 unspecified atom stereocenters. The molecule has 1 amide bonds. The molecule has 21 heavy (non-hydrogen) atoms. The number of fused-ring (bicyclic) bond motifs is 1. The lowest BCUT2D eigenvalue weighted by molar-refractivity contribution is 0.102. The zero-order valence-electron chi connectivity index (χ0n) is 11.8. The molecule has 5 heteroatoms. The predicted molar refractivity (Wildman–Crippen MR) is 81.8 cm³/mol. The molecule has 5 nitrogen and oxygen atoms in total. The summed E-state index contributed by atoms with van der Waals surface area (Å²) in [5.41, 5.74) is 3.82. The van der Waals surface area contributed by atoms with Gasteiger partial charge >= 0.3 is 0 Å². The molecule has 0 fully saturated rings. The molecule has 106 valence electrons. The molecule has 0 bridgehead atoms. The van der Waals surface area contributed by atoms with E-state index in [1.807, 2.05) is 13.0 Å². The highest BCUT2D eigenvalue weighted by Gasteiger charge is 2.13. The summed E-state index contributed by atoms with van der Waals surface area (Å²) < 4.78 is 5.09. The first-order chi connectivity index (χ1) is 10.2. The molecule has 0 saturated heterocycles. The Bertz CT molecular complexity index is 791. The molecule has 0 saturated carbocycles. The number of nitrogens with zero attached hydrogens (tertiary/aromatic N) is 1. The number of carbonyl (C=O) groups is 1. The number of benzene rings is 1. The van der Waals surface area contributed by atoms with E-state index in [0.717, 1.165) is 16.8 Å². The monoisotopic (exact) mass is 281 g/mol. The van der Waals surface area contributed by atoms with Crippen molar-refractivity contribution in [3.63, 3.8) is 0 Å². The van der Waals surface area contributed by atoms with E-state index in [1.165, 1.54) is 0 Å². The number of ether oxygens (including phenoxy) is 1. The van der Waals surface area contributed by atoms with E-state index < -0.39 is 0 Å². The fourth-order valence-corrected chi connectivity index (χ4v) is 2.16. The van der Waals surface area contributed by atoms with Crippen LogP contribution in [0, 0.1) is 6.92 Å². The molecular weight excluding hydrogens is 266 g/mol. The fourth-order valence-electron chi connectivity index (χ4n) is 2.16. The maximum atomic E-state index is 12.3. The lowest BCUT2D eigenvalue weighted by atomic mass is 10.2. The molecule has 3 rings (SSSR count). The number of anilines is 1. The van der Waals surface area contributed by atoms with Crippen LogP contribution in [0.4, 0.5) is 5.69 Å². The quantitative estimate of drug-likeness (QED) is 0.775. The Hall–Kier alpha value is -2.82. The minimum absolute atomic E-state index is 0.192. The number of aromatic nitrogens is 2. The van der Waals surface area contributed by atoms with Gasteiger partial charge in [-0.2, -0.15) is 0 Å². The average Bonchev–Trinajstić information content (AvgIpc) is 2.91. The second-order valence-corrected chi connectivity index (χ2v) is 4.79. The number of hydrogen-bond donors (Lipinski definition) is 2. The standard InChI is InChI=1S/C16H15N3O2/c1-10-7-14-15(18-8-10)13(9-17-14)16(20)19-11-3-5-12(21-2)6-4-11/h3-9,17H,1-2H3,(H,19,20). The van der Waals surface area contributed by atoms with Crippen molar-refractivity contribution < 1.29 is 9.53 Å². The van der Waals surface area contributed by atoms with Gasteiger partial charge < -0.3 is 15.0 Å². The molecule has 2 N–H and O–H groups in total. The highest BCUT2D eigenvalue weighted by atomic mass is 16.5. The normalized spacial score (nSPS) is 10.6. The van der Waals surface area contributed by atoms with Gasteiger partial charge in [0.15, 0.2) is 0 Å². The third-order valence-electron chi connectivity index (χ3n) is 3.24. The van der Waals surface area contributed by atoms with E-state index in [2.05, 4.69) is 15.3 Å². The van der Waals surface area contributed by atoms with E-state index in [1.54, 1.807) is 43.8 Å². The van der Waals surface area contributed by atoms with Crippen molar-refractivity contribution in [1.29, 1.82) is 0 Å². The van der Waals surface area contributed by atoms with Crippen LogP contribution in [0.5, 0.6) is 5.75 Å². The first-order valence-electron chi connectivity index (χ1n) is 6.56. The molecule has 0 aliphatic rings. The zero-order chi connectivity index (χ0) is 14.8. The summed E-state index contributed by atoms with van der Waals surface area (Å²) in [5.74, 6) is 0.556. The first kappa shape index (κ1) is 13.2. The maximum absolute atomic E-state index is 12.3. The van der Waals surface area contributed by atoms with Crippen molar-refractivity contribution in [3.8, 4) is 5.75 Å². The number of rotatable bonds is 3. The van der Waals surface area contributed by atoms with Gasteiger partial charge in [-0.05, 0) is 42.8 Å². The molecule has 3 aromatic rings. The number of aromatic amines is 1. The highest BCUT2D eigenvalue weighted by Crippen LogP contribution is 2.19. The Morgan fingerprint density at radius 1 is 1.29 bits per heavy atom.